The van der Waals surface area contributed by atoms with E-state index < -0.39 is 0 Å². The molecule has 2 heteroatoms. The Morgan fingerprint density at radius 1 is 1.62 bits per heavy atom. The van der Waals surface area contributed by atoms with Crippen LogP contribution in [-0.4, -0.2) is 6.54 Å². The van der Waals surface area contributed by atoms with Gasteiger partial charge in [0.1, 0.15) is 0 Å². The van der Waals surface area contributed by atoms with Crippen molar-refractivity contribution in [3.05, 3.63) is 21.4 Å². The Morgan fingerprint density at radius 2 is 2.31 bits per heavy atom. The van der Waals surface area contributed by atoms with Gasteiger partial charge < -0.3 is 0 Å². The molecule has 1 rings (SSSR count). The van der Waals surface area contributed by atoms with Crippen molar-refractivity contribution in [1.82, 2.24) is 5.32 Å². The van der Waals surface area contributed by atoms with Gasteiger partial charge in [0.25, 0.3) is 0 Å². The first-order chi connectivity index (χ1) is 6.15. The van der Waals surface area contributed by atoms with Crippen molar-refractivity contribution >= 4 is 11.3 Å². The smallest absolute Gasteiger partial charge is 0.0578 e. The second kappa shape index (κ2) is 4.45. The molecule has 0 bridgehead atoms. The van der Waals surface area contributed by atoms with Gasteiger partial charge in [-0.25, -0.2) is 0 Å². The zero-order valence-corrected chi connectivity index (χ0v) is 9.16. The van der Waals surface area contributed by atoms with Crippen LogP contribution in [0.4, 0.5) is 0 Å². The molecule has 70 valence electrons. The number of terminal acetylenes is 1. The summed E-state index contributed by atoms with van der Waals surface area (Å²) >= 11 is 1.84. The van der Waals surface area contributed by atoms with Crippen LogP contribution < -0.4 is 5.32 Å². The summed E-state index contributed by atoms with van der Waals surface area (Å²) in [6, 6.07) is 2.59. The molecule has 0 aromatic carbocycles. The lowest BCUT2D eigenvalue weighted by atomic mass is 10.1. The van der Waals surface area contributed by atoms with Crippen LogP contribution in [0.2, 0.25) is 0 Å². The lowest BCUT2D eigenvalue weighted by Crippen LogP contribution is -2.18. The molecule has 0 aliphatic heterocycles. The Bertz CT molecular complexity index is 319. The first-order valence-corrected chi connectivity index (χ1v) is 5.20. The Morgan fingerprint density at radius 3 is 2.77 bits per heavy atom. The first kappa shape index (κ1) is 10.3. The third-order valence-electron chi connectivity index (χ3n) is 2.06. The van der Waals surface area contributed by atoms with Crippen LogP contribution in [0.25, 0.3) is 0 Å². The SMILES string of the molecule is C#CCNC(C)c1cc(C)sc1C. The lowest BCUT2D eigenvalue weighted by molar-refractivity contribution is 0.622. The highest BCUT2D eigenvalue weighted by molar-refractivity contribution is 7.12. The molecule has 0 saturated carbocycles. The highest BCUT2D eigenvalue weighted by Gasteiger charge is 2.09. The van der Waals surface area contributed by atoms with Gasteiger partial charge in [-0.05, 0) is 32.4 Å². The summed E-state index contributed by atoms with van der Waals surface area (Å²) < 4.78 is 0. The first-order valence-electron chi connectivity index (χ1n) is 4.39. The maximum Gasteiger partial charge on any atom is 0.0578 e. The van der Waals surface area contributed by atoms with Crippen molar-refractivity contribution in [3.63, 3.8) is 0 Å². The Kier molecular flexibility index (Phi) is 3.53. The fourth-order valence-electron chi connectivity index (χ4n) is 1.40. The summed E-state index contributed by atoms with van der Waals surface area (Å²) in [7, 11) is 0. The van der Waals surface area contributed by atoms with Gasteiger partial charge in [-0.3, -0.25) is 5.32 Å². The molecule has 1 unspecified atom stereocenters. The maximum absolute atomic E-state index is 5.19. The zero-order valence-electron chi connectivity index (χ0n) is 8.35. The van der Waals surface area contributed by atoms with E-state index in [-0.39, 0.29) is 0 Å². The Balaban J connectivity index is 2.71. The fraction of sp³-hybridized carbons (Fsp3) is 0.455. The summed E-state index contributed by atoms with van der Waals surface area (Å²) in [6.45, 7) is 7.07. The second-order valence-corrected chi connectivity index (χ2v) is 4.64. The van der Waals surface area contributed by atoms with Gasteiger partial charge in [-0.1, -0.05) is 5.92 Å². The van der Waals surface area contributed by atoms with Gasteiger partial charge in [-0.2, -0.15) is 0 Å². The van der Waals surface area contributed by atoms with Gasteiger partial charge in [0.2, 0.25) is 0 Å². The van der Waals surface area contributed by atoms with Crippen LogP contribution >= 0.6 is 11.3 Å². The maximum atomic E-state index is 5.19. The van der Waals surface area contributed by atoms with E-state index in [1.807, 2.05) is 11.3 Å². The van der Waals surface area contributed by atoms with E-state index >= 15 is 0 Å². The van der Waals surface area contributed by atoms with Crippen molar-refractivity contribution in [2.24, 2.45) is 0 Å². The molecule has 1 aromatic heterocycles. The van der Waals surface area contributed by atoms with E-state index in [0.717, 1.165) is 0 Å². The molecular formula is C11H15NS. The van der Waals surface area contributed by atoms with Crippen molar-refractivity contribution in [3.8, 4) is 12.3 Å². The van der Waals surface area contributed by atoms with Crippen LogP contribution in [0.5, 0.6) is 0 Å². The monoisotopic (exact) mass is 193 g/mol. The fourth-order valence-corrected chi connectivity index (χ4v) is 2.42. The number of hydrogen-bond donors (Lipinski definition) is 1. The molecule has 0 spiro atoms. The Hall–Kier alpha value is -0.780. The predicted octanol–water partition coefficient (Wildman–Crippen LogP) is 2.65. The highest BCUT2D eigenvalue weighted by atomic mass is 32.1. The van der Waals surface area contributed by atoms with Crippen molar-refractivity contribution in [2.45, 2.75) is 26.8 Å². The Labute approximate surface area is 84.2 Å². The average Bonchev–Trinajstić information content (AvgIpc) is 2.41. The molecular weight excluding hydrogens is 178 g/mol. The van der Waals surface area contributed by atoms with E-state index in [1.54, 1.807) is 0 Å². The van der Waals surface area contributed by atoms with E-state index in [9.17, 15) is 0 Å². The van der Waals surface area contributed by atoms with E-state index in [4.69, 9.17) is 6.42 Å². The quantitative estimate of drug-likeness (QED) is 0.728. The average molecular weight is 193 g/mol. The van der Waals surface area contributed by atoms with Gasteiger partial charge in [0.05, 0.1) is 6.54 Å². The molecule has 0 aliphatic carbocycles. The highest BCUT2D eigenvalue weighted by Crippen LogP contribution is 2.25. The van der Waals surface area contributed by atoms with E-state index in [1.165, 1.54) is 15.3 Å². The zero-order chi connectivity index (χ0) is 9.84. The van der Waals surface area contributed by atoms with Crippen LogP contribution in [0, 0.1) is 26.2 Å². The van der Waals surface area contributed by atoms with Gasteiger partial charge >= 0.3 is 0 Å². The van der Waals surface area contributed by atoms with Crippen LogP contribution in [0.3, 0.4) is 0 Å². The minimum Gasteiger partial charge on any atom is -0.300 e. The van der Waals surface area contributed by atoms with Crippen LogP contribution in [0.1, 0.15) is 28.3 Å². The van der Waals surface area contributed by atoms with Crippen LogP contribution in [-0.2, 0) is 0 Å². The number of nitrogens with one attached hydrogen (secondary N) is 1. The van der Waals surface area contributed by atoms with Gasteiger partial charge in [-0.15, -0.1) is 17.8 Å². The van der Waals surface area contributed by atoms with Gasteiger partial charge in [0.15, 0.2) is 0 Å². The van der Waals surface area contributed by atoms with Crippen molar-refractivity contribution in [2.75, 3.05) is 6.54 Å². The largest absolute Gasteiger partial charge is 0.300 e. The molecule has 0 amide bonds. The molecule has 13 heavy (non-hydrogen) atoms. The molecule has 0 saturated heterocycles. The number of thiophene rings is 1. The second-order valence-electron chi connectivity index (χ2n) is 3.18. The molecule has 1 nitrogen and oxygen atoms in total. The summed E-state index contributed by atoms with van der Waals surface area (Å²) in [5, 5.41) is 3.27. The van der Waals surface area contributed by atoms with Crippen LogP contribution in [0.15, 0.2) is 6.07 Å². The van der Waals surface area contributed by atoms with Gasteiger partial charge in [0, 0.05) is 15.8 Å². The number of rotatable bonds is 3. The minimum absolute atomic E-state index is 0.362. The standard InChI is InChI=1S/C11H15NS/c1-5-6-12-9(3)11-7-8(2)13-10(11)4/h1,7,9,12H,6H2,2-4H3. The normalized spacial score (nSPS) is 12.5. The molecule has 1 N–H and O–H groups in total. The number of aryl methyl sites for hydroxylation is 2. The molecule has 1 aromatic rings. The third-order valence-corrected chi connectivity index (χ3v) is 3.04. The topological polar surface area (TPSA) is 12.0 Å². The minimum atomic E-state index is 0.362. The molecule has 1 atom stereocenters. The van der Waals surface area contributed by atoms with Crippen molar-refractivity contribution < 1.29 is 0 Å². The summed E-state index contributed by atoms with van der Waals surface area (Å²) in [5.74, 6) is 2.59. The predicted molar refractivity (Wildman–Crippen MR) is 59.0 cm³/mol. The number of hydrogen-bond acceptors (Lipinski definition) is 2. The summed E-state index contributed by atoms with van der Waals surface area (Å²) in [6.07, 6.45) is 5.19. The molecule has 0 radical (unpaired) electrons. The molecule has 0 aliphatic rings. The molecule has 0 fully saturated rings. The third kappa shape index (κ3) is 2.58. The van der Waals surface area contributed by atoms with E-state index in [0.29, 0.717) is 12.6 Å². The summed E-state index contributed by atoms with van der Waals surface area (Å²) in [5.41, 5.74) is 1.37. The van der Waals surface area contributed by atoms with E-state index in [2.05, 4.69) is 38.1 Å². The summed E-state index contributed by atoms with van der Waals surface area (Å²) in [4.78, 5) is 2.75. The van der Waals surface area contributed by atoms with Crippen molar-refractivity contribution in [1.29, 1.82) is 0 Å². The lowest BCUT2D eigenvalue weighted by Gasteiger charge is -2.10. The molecule has 1 heterocycles.